The number of hydrogen-bond donors (Lipinski definition) is 1. The van der Waals surface area contributed by atoms with Crippen molar-refractivity contribution in [3.63, 3.8) is 0 Å². The first-order chi connectivity index (χ1) is 9.31. The molecule has 0 amide bonds. The van der Waals surface area contributed by atoms with Crippen molar-refractivity contribution in [3.05, 3.63) is 0 Å². The van der Waals surface area contributed by atoms with Crippen molar-refractivity contribution in [1.82, 2.24) is 5.32 Å². The van der Waals surface area contributed by atoms with Crippen LogP contribution in [0.3, 0.4) is 0 Å². The molecule has 0 saturated heterocycles. The number of nitrogens with one attached hydrogen (secondary N) is 1. The summed E-state index contributed by atoms with van der Waals surface area (Å²) in [4.78, 5) is 0. The van der Waals surface area contributed by atoms with Gasteiger partial charge in [0.2, 0.25) is 0 Å². The van der Waals surface area contributed by atoms with E-state index in [-0.39, 0.29) is 6.10 Å². The predicted octanol–water partition coefficient (Wildman–Crippen LogP) is 1.46. The summed E-state index contributed by atoms with van der Waals surface area (Å²) in [7, 11) is 1.70. The van der Waals surface area contributed by atoms with Gasteiger partial charge in [-0.25, -0.2) is 0 Å². The molecule has 1 atom stereocenters. The lowest BCUT2D eigenvalue weighted by atomic mass is 10.3. The fraction of sp³-hybridized carbons (Fsp3) is 1.00. The van der Waals surface area contributed by atoms with Crippen LogP contribution in [0, 0.1) is 0 Å². The first kappa shape index (κ1) is 18.8. The number of rotatable bonds is 15. The van der Waals surface area contributed by atoms with Crippen molar-refractivity contribution in [2.24, 2.45) is 0 Å². The van der Waals surface area contributed by atoms with Crippen molar-refractivity contribution in [1.29, 1.82) is 0 Å². The second-order valence-corrected chi connectivity index (χ2v) is 4.39. The van der Waals surface area contributed by atoms with Crippen LogP contribution in [0.2, 0.25) is 0 Å². The molecular formula is C14H31NO4. The van der Waals surface area contributed by atoms with Crippen LogP contribution in [-0.4, -0.2) is 65.9 Å². The number of hydrogen-bond acceptors (Lipinski definition) is 5. The first-order valence-corrected chi connectivity index (χ1v) is 7.28. The molecular weight excluding hydrogens is 246 g/mol. The second kappa shape index (κ2) is 15.9. The third-order valence-corrected chi connectivity index (χ3v) is 2.55. The SMILES string of the molecule is CCOCCCNCC(C)OCCOCCCOC. The molecule has 0 aromatic heterocycles. The zero-order valence-corrected chi connectivity index (χ0v) is 12.8. The normalized spacial score (nSPS) is 12.8. The lowest BCUT2D eigenvalue weighted by Gasteiger charge is -2.14. The fourth-order valence-corrected chi connectivity index (χ4v) is 1.52. The van der Waals surface area contributed by atoms with Gasteiger partial charge in [-0.3, -0.25) is 0 Å². The Morgan fingerprint density at radius 1 is 0.947 bits per heavy atom. The smallest absolute Gasteiger partial charge is 0.0704 e. The highest BCUT2D eigenvalue weighted by Gasteiger charge is 2.01. The molecule has 0 aromatic carbocycles. The maximum Gasteiger partial charge on any atom is 0.0704 e. The third kappa shape index (κ3) is 15.7. The number of ether oxygens (including phenoxy) is 4. The minimum Gasteiger partial charge on any atom is -0.385 e. The lowest BCUT2D eigenvalue weighted by molar-refractivity contribution is 0.00873. The average molecular weight is 277 g/mol. The van der Waals surface area contributed by atoms with E-state index in [1.165, 1.54) is 0 Å². The average Bonchev–Trinajstić information content (AvgIpc) is 2.41. The van der Waals surface area contributed by atoms with Gasteiger partial charge in [-0.15, -0.1) is 0 Å². The van der Waals surface area contributed by atoms with Gasteiger partial charge in [0.1, 0.15) is 0 Å². The van der Waals surface area contributed by atoms with E-state index < -0.39 is 0 Å². The monoisotopic (exact) mass is 277 g/mol. The van der Waals surface area contributed by atoms with Gasteiger partial charge in [-0.2, -0.15) is 0 Å². The van der Waals surface area contributed by atoms with Crippen LogP contribution in [0.15, 0.2) is 0 Å². The van der Waals surface area contributed by atoms with Gasteiger partial charge >= 0.3 is 0 Å². The molecule has 0 aliphatic heterocycles. The Morgan fingerprint density at radius 3 is 2.47 bits per heavy atom. The van der Waals surface area contributed by atoms with Crippen molar-refractivity contribution < 1.29 is 18.9 Å². The van der Waals surface area contributed by atoms with Gasteiger partial charge in [0.25, 0.3) is 0 Å². The van der Waals surface area contributed by atoms with E-state index in [1.54, 1.807) is 7.11 Å². The summed E-state index contributed by atoms with van der Waals surface area (Å²) in [6.45, 7) is 10.3. The van der Waals surface area contributed by atoms with Crippen molar-refractivity contribution in [2.45, 2.75) is 32.8 Å². The van der Waals surface area contributed by atoms with E-state index in [4.69, 9.17) is 18.9 Å². The van der Waals surface area contributed by atoms with Crippen molar-refractivity contribution in [3.8, 4) is 0 Å². The van der Waals surface area contributed by atoms with E-state index in [0.29, 0.717) is 13.2 Å². The largest absolute Gasteiger partial charge is 0.385 e. The molecule has 0 heterocycles. The maximum absolute atomic E-state index is 5.63. The van der Waals surface area contributed by atoms with Gasteiger partial charge in [0, 0.05) is 40.1 Å². The van der Waals surface area contributed by atoms with Gasteiger partial charge < -0.3 is 24.3 Å². The van der Waals surface area contributed by atoms with E-state index in [0.717, 1.165) is 52.4 Å². The molecule has 0 rings (SSSR count). The highest BCUT2D eigenvalue weighted by molar-refractivity contribution is 4.55. The Morgan fingerprint density at radius 2 is 1.74 bits per heavy atom. The van der Waals surface area contributed by atoms with Crippen LogP contribution in [0.25, 0.3) is 0 Å². The molecule has 0 spiro atoms. The summed E-state index contributed by atoms with van der Waals surface area (Å²) >= 11 is 0. The summed E-state index contributed by atoms with van der Waals surface area (Å²) in [6.07, 6.45) is 2.20. The van der Waals surface area contributed by atoms with E-state index in [1.807, 2.05) is 6.92 Å². The van der Waals surface area contributed by atoms with Crippen LogP contribution in [-0.2, 0) is 18.9 Å². The summed E-state index contributed by atoms with van der Waals surface area (Å²) in [5, 5.41) is 3.35. The molecule has 0 radical (unpaired) electrons. The van der Waals surface area contributed by atoms with E-state index >= 15 is 0 Å². The standard InChI is InChI=1S/C14H31NO4/c1-4-17-9-5-7-15-13-14(2)19-12-11-18-10-6-8-16-3/h14-15H,4-13H2,1-3H3. The van der Waals surface area contributed by atoms with Gasteiger partial charge in [0.05, 0.1) is 19.3 Å². The summed E-state index contributed by atoms with van der Waals surface area (Å²) in [6, 6.07) is 0. The topological polar surface area (TPSA) is 49.0 Å². The second-order valence-electron chi connectivity index (χ2n) is 4.39. The Balaban J connectivity index is 3.10. The maximum atomic E-state index is 5.63. The van der Waals surface area contributed by atoms with Crippen molar-refractivity contribution >= 4 is 0 Å². The summed E-state index contributed by atoms with van der Waals surface area (Å²) in [5.41, 5.74) is 0. The molecule has 5 heteroatoms. The fourth-order valence-electron chi connectivity index (χ4n) is 1.52. The van der Waals surface area contributed by atoms with Crippen LogP contribution in [0.1, 0.15) is 26.7 Å². The summed E-state index contributed by atoms with van der Waals surface area (Å²) in [5.74, 6) is 0. The van der Waals surface area contributed by atoms with Crippen molar-refractivity contribution in [2.75, 3.05) is 59.8 Å². The van der Waals surface area contributed by atoms with Gasteiger partial charge in [0.15, 0.2) is 0 Å². The summed E-state index contributed by atoms with van der Waals surface area (Å²) < 4.78 is 21.2. The lowest BCUT2D eigenvalue weighted by Crippen LogP contribution is -2.29. The molecule has 19 heavy (non-hydrogen) atoms. The zero-order chi connectivity index (χ0) is 14.2. The van der Waals surface area contributed by atoms with Crippen LogP contribution < -0.4 is 5.32 Å². The van der Waals surface area contributed by atoms with E-state index in [9.17, 15) is 0 Å². The zero-order valence-electron chi connectivity index (χ0n) is 12.8. The molecule has 0 aromatic rings. The van der Waals surface area contributed by atoms with E-state index in [2.05, 4.69) is 12.2 Å². The minimum absolute atomic E-state index is 0.217. The molecule has 5 nitrogen and oxygen atoms in total. The van der Waals surface area contributed by atoms with Crippen LogP contribution in [0.4, 0.5) is 0 Å². The Hall–Kier alpha value is -0.200. The molecule has 116 valence electrons. The highest BCUT2D eigenvalue weighted by Crippen LogP contribution is 1.91. The van der Waals surface area contributed by atoms with Crippen LogP contribution >= 0.6 is 0 Å². The quantitative estimate of drug-likeness (QED) is 0.459. The molecule has 0 saturated carbocycles. The molecule has 0 fully saturated rings. The van der Waals surface area contributed by atoms with Gasteiger partial charge in [-0.1, -0.05) is 0 Å². The highest BCUT2D eigenvalue weighted by atomic mass is 16.5. The minimum atomic E-state index is 0.217. The van der Waals surface area contributed by atoms with Crippen LogP contribution in [0.5, 0.6) is 0 Å². The third-order valence-electron chi connectivity index (χ3n) is 2.55. The molecule has 0 aliphatic rings. The first-order valence-electron chi connectivity index (χ1n) is 7.28. The molecule has 0 bridgehead atoms. The molecule has 1 N–H and O–H groups in total. The molecule has 0 aliphatic carbocycles. The van der Waals surface area contributed by atoms with Gasteiger partial charge in [-0.05, 0) is 33.2 Å². The Labute approximate surface area is 117 Å². The number of methoxy groups -OCH3 is 1. The predicted molar refractivity (Wildman–Crippen MR) is 76.7 cm³/mol. The Bertz CT molecular complexity index is 170. The molecule has 1 unspecified atom stereocenters. The Kier molecular flexibility index (Phi) is 15.7.